The monoisotopic (exact) mass is 226 g/mol. The number of aromatic amines is 2. The van der Waals surface area contributed by atoms with Crippen molar-refractivity contribution in [3.63, 3.8) is 0 Å². The van der Waals surface area contributed by atoms with Crippen molar-refractivity contribution >= 4 is 33.8 Å². The zero-order valence-electron chi connectivity index (χ0n) is 7.93. The van der Waals surface area contributed by atoms with E-state index in [-0.39, 0.29) is 5.56 Å². The fraction of sp³-hybridized carbons (Fsp3) is 0.333. The zero-order chi connectivity index (χ0) is 10.3. The van der Waals surface area contributed by atoms with Crippen LogP contribution in [0.3, 0.4) is 0 Å². The lowest BCUT2D eigenvalue weighted by Gasteiger charge is -1.93. The van der Waals surface area contributed by atoms with Crippen molar-refractivity contribution in [3.8, 4) is 0 Å². The Labute approximate surface area is 89.8 Å². The van der Waals surface area contributed by atoms with Crippen molar-refractivity contribution in [3.05, 3.63) is 25.6 Å². The molecular weight excluding hydrogens is 216 g/mol. The molecule has 0 aliphatic rings. The second-order valence-corrected chi connectivity index (χ2v) is 4.74. The summed E-state index contributed by atoms with van der Waals surface area (Å²) in [6.45, 7) is 4.08. The van der Waals surface area contributed by atoms with Crippen LogP contribution in [-0.4, -0.2) is 9.97 Å². The van der Waals surface area contributed by atoms with Crippen LogP contribution in [0, 0.1) is 11.7 Å². The van der Waals surface area contributed by atoms with E-state index < -0.39 is 0 Å². The molecule has 0 saturated heterocycles. The van der Waals surface area contributed by atoms with E-state index in [1.807, 2.05) is 6.92 Å². The molecule has 0 spiro atoms. The lowest BCUT2D eigenvalue weighted by molar-refractivity contribution is 1.11. The van der Waals surface area contributed by atoms with Gasteiger partial charge >= 0.3 is 0 Å². The molecule has 0 radical (unpaired) electrons. The summed E-state index contributed by atoms with van der Waals surface area (Å²) in [6.07, 6.45) is 0.875. The fourth-order valence-electron chi connectivity index (χ4n) is 1.63. The quantitative estimate of drug-likeness (QED) is 0.734. The number of hydrogen-bond donors (Lipinski definition) is 2. The van der Waals surface area contributed by atoms with Gasteiger partial charge in [0.1, 0.15) is 4.83 Å². The number of aryl methyl sites for hydroxylation is 2. The molecule has 2 heterocycles. The molecule has 0 unspecified atom stereocenters. The topological polar surface area (TPSA) is 48.6 Å². The molecular formula is C9H10N2OS2. The van der Waals surface area contributed by atoms with Crippen LogP contribution in [0.15, 0.2) is 4.79 Å². The Hall–Kier alpha value is -0.940. The molecule has 2 N–H and O–H groups in total. The summed E-state index contributed by atoms with van der Waals surface area (Å²) in [5.41, 5.74) is 1.04. The number of rotatable bonds is 1. The molecule has 0 aliphatic carbocycles. The van der Waals surface area contributed by atoms with E-state index in [4.69, 9.17) is 12.2 Å². The molecule has 0 aromatic carbocycles. The number of thiophene rings is 1. The number of aromatic nitrogens is 2. The lowest BCUT2D eigenvalue weighted by Crippen LogP contribution is -2.07. The van der Waals surface area contributed by atoms with Gasteiger partial charge in [-0.3, -0.25) is 9.78 Å². The number of H-pyrrole nitrogens is 2. The third kappa shape index (κ3) is 1.33. The van der Waals surface area contributed by atoms with Gasteiger partial charge in [-0.25, -0.2) is 0 Å². The van der Waals surface area contributed by atoms with Gasteiger partial charge in [-0.1, -0.05) is 6.92 Å². The Bertz CT molecular complexity index is 591. The number of fused-ring (bicyclic) bond motifs is 1. The van der Waals surface area contributed by atoms with Crippen molar-refractivity contribution in [1.29, 1.82) is 0 Å². The summed E-state index contributed by atoms with van der Waals surface area (Å²) >= 11 is 6.50. The first-order valence-corrected chi connectivity index (χ1v) is 5.60. The van der Waals surface area contributed by atoms with Crippen LogP contribution in [0.4, 0.5) is 0 Å². The van der Waals surface area contributed by atoms with Crippen LogP contribution in [-0.2, 0) is 6.42 Å². The van der Waals surface area contributed by atoms with Gasteiger partial charge in [0.2, 0.25) is 0 Å². The van der Waals surface area contributed by atoms with Crippen molar-refractivity contribution in [2.24, 2.45) is 0 Å². The predicted molar refractivity (Wildman–Crippen MR) is 61.7 cm³/mol. The molecule has 0 bridgehead atoms. The van der Waals surface area contributed by atoms with Crippen molar-refractivity contribution in [2.45, 2.75) is 20.3 Å². The molecule has 2 aromatic heterocycles. The molecule has 2 rings (SSSR count). The minimum atomic E-state index is -0.0787. The highest BCUT2D eigenvalue weighted by atomic mass is 32.1. The molecule has 14 heavy (non-hydrogen) atoms. The van der Waals surface area contributed by atoms with Crippen LogP contribution in [0.25, 0.3) is 10.2 Å². The molecule has 3 nitrogen and oxygen atoms in total. The molecule has 0 atom stereocenters. The van der Waals surface area contributed by atoms with Gasteiger partial charge in [-0.2, -0.15) is 0 Å². The van der Waals surface area contributed by atoms with Gasteiger partial charge in [0.05, 0.1) is 5.39 Å². The summed E-state index contributed by atoms with van der Waals surface area (Å²) in [7, 11) is 0. The van der Waals surface area contributed by atoms with E-state index in [9.17, 15) is 4.79 Å². The van der Waals surface area contributed by atoms with Gasteiger partial charge in [-0.15, -0.1) is 11.3 Å². The van der Waals surface area contributed by atoms with Crippen LogP contribution >= 0.6 is 23.6 Å². The second kappa shape index (κ2) is 3.33. The van der Waals surface area contributed by atoms with E-state index in [0.29, 0.717) is 4.77 Å². The van der Waals surface area contributed by atoms with Crippen molar-refractivity contribution < 1.29 is 0 Å². The number of hydrogen-bond acceptors (Lipinski definition) is 3. The highest BCUT2D eigenvalue weighted by Gasteiger charge is 2.10. The maximum atomic E-state index is 11.7. The standard InChI is InChI=1S/C9H10N2OS2/c1-3-5-4(2)14-8-6(5)7(12)10-9(13)11-8/h3H2,1-2H3,(H2,10,11,12,13). The van der Waals surface area contributed by atoms with E-state index in [1.165, 1.54) is 4.88 Å². The zero-order valence-corrected chi connectivity index (χ0v) is 9.56. The van der Waals surface area contributed by atoms with Crippen LogP contribution in [0.2, 0.25) is 0 Å². The Morgan fingerprint density at radius 1 is 1.43 bits per heavy atom. The average Bonchev–Trinajstić information content (AvgIpc) is 2.40. The van der Waals surface area contributed by atoms with Gasteiger partial charge in [0.15, 0.2) is 4.77 Å². The third-order valence-electron chi connectivity index (χ3n) is 2.24. The first kappa shape index (κ1) is 9.61. The summed E-state index contributed by atoms with van der Waals surface area (Å²) < 4.78 is 0.395. The normalized spacial score (nSPS) is 11.0. The summed E-state index contributed by atoms with van der Waals surface area (Å²) in [6, 6.07) is 0. The van der Waals surface area contributed by atoms with Crippen molar-refractivity contribution in [2.75, 3.05) is 0 Å². The maximum Gasteiger partial charge on any atom is 0.260 e. The van der Waals surface area contributed by atoms with E-state index in [1.54, 1.807) is 11.3 Å². The minimum Gasteiger partial charge on any atom is -0.323 e. The molecule has 0 amide bonds. The predicted octanol–water partition coefficient (Wildman–Crippen LogP) is 2.52. The maximum absolute atomic E-state index is 11.7. The Balaban J connectivity index is 3.03. The third-order valence-corrected chi connectivity index (χ3v) is 3.51. The number of nitrogens with one attached hydrogen (secondary N) is 2. The molecule has 5 heteroatoms. The molecule has 0 saturated carbocycles. The summed E-state index contributed by atoms with van der Waals surface area (Å²) in [5, 5.41) is 0.767. The second-order valence-electron chi connectivity index (χ2n) is 3.10. The first-order chi connectivity index (χ1) is 6.63. The highest BCUT2D eigenvalue weighted by molar-refractivity contribution is 7.71. The van der Waals surface area contributed by atoms with Crippen LogP contribution in [0.1, 0.15) is 17.4 Å². The minimum absolute atomic E-state index is 0.0787. The molecule has 0 aliphatic heterocycles. The average molecular weight is 226 g/mol. The lowest BCUT2D eigenvalue weighted by atomic mass is 10.1. The molecule has 0 fully saturated rings. The summed E-state index contributed by atoms with van der Waals surface area (Å²) in [5.74, 6) is 0. The van der Waals surface area contributed by atoms with Gasteiger partial charge < -0.3 is 4.98 Å². The smallest absolute Gasteiger partial charge is 0.260 e. The highest BCUT2D eigenvalue weighted by Crippen LogP contribution is 2.26. The van der Waals surface area contributed by atoms with E-state index >= 15 is 0 Å². The Morgan fingerprint density at radius 2 is 2.14 bits per heavy atom. The van der Waals surface area contributed by atoms with Crippen LogP contribution < -0.4 is 5.56 Å². The largest absolute Gasteiger partial charge is 0.323 e. The fourth-order valence-corrected chi connectivity index (χ4v) is 3.04. The Morgan fingerprint density at radius 3 is 2.79 bits per heavy atom. The van der Waals surface area contributed by atoms with Gasteiger partial charge in [0, 0.05) is 4.88 Å². The van der Waals surface area contributed by atoms with E-state index in [0.717, 1.165) is 22.2 Å². The van der Waals surface area contributed by atoms with Crippen LogP contribution in [0.5, 0.6) is 0 Å². The first-order valence-electron chi connectivity index (χ1n) is 4.38. The summed E-state index contributed by atoms with van der Waals surface area (Å²) in [4.78, 5) is 19.3. The SMILES string of the molecule is CCc1c(C)sc2[nH]c(=S)[nH]c(=O)c12. The van der Waals surface area contributed by atoms with Gasteiger partial charge in [-0.05, 0) is 31.1 Å². The Kier molecular flexibility index (Phi) is 2.28. The molecule has 74 valence electrons. The van der Waals surface area contributed by atoms with E-state index in [2.05, 4.69) is 16.9 Å². The van der Waals surface area contributed by atoms with Gasteiger partial charge in [0.25, 0.3) is 5.56 Å². The molecule has 2 aromatic rings. The van der Waals surface area contributed by atoms with Crippen molar-refractivity contribution in [1.82, 2.24) is 9.97 Å².